The number of nitrogens with zero attached hydrogens (tertiary/aromatic N) is 2. The van der Waals surface area contributed by atoms with E-state index in [9.17, 15) is 9.18 Å². The van der Waals surface area contributed by atoms with Gasteiger partial charge in [0.05, 0.1) is 23.5 Å². The molecule has 3 rings (SSSR count). The van der Waals surface area contributed by atoms with Crippen LogP contribution in [0.3, 0.4) is 0 Å². The second-order valence-electron chi connectivity index (χ2n) is 6.13. The van der Waals surface area contributed by atoms with E-state index in [1.165, 1.54) is 10.7 Å². The Balaban J connectivity index is 1.82. The summed E-state index contributed by atoms with van der Waals surface area (Å²) in [5.41, 5.74) is 3.67. The van der Waals surface area contributed by atoms with Gasteiger partial charge in [-0.2, -0.15) is 5.10 Å². The average Bonchev–Trinajstić information content (AvgIpc) is 2.95. The first kappa shape index (κ1) is 16.9. The van der Waals surface area contributed by atoms with E-state index in [0.717, 1.165) is 11.1 Å². The number of benzene rings is 2. The van der Waals surface area contributed by atoms with Gasteiger partial charge >= 0.3 is 0 Å². The van der Waals surface area contributed by atoms with Gasteiger partial charge in [0.1, 0.15) is 11.5 Å². The zero-order chi connectivity index (χ0) is 18.0. The summed E-state index contributed by atoms with van der Waals surface area (Å²) in [6, 6.07) is 14.3. The minimum absolute atomic E-state index is 0.123. The third kappa shape index (κ3) is 3.45. The number of amides is 1. The summed E-state index contributed by atoms with van der Waals surface area (Å²) in [4.78, 5) is 12.6. The summed E-state index contributed by atoms with van der Waals surface area (Å²) in [7, 11) is 0. The minimum Gasteiger partial charge on any atom is -0.323 e. The van der Waals surface area contributed by atoms with E-state index in [1.54, 1.807) is 31.3 Å². The van der Waals surface area contributed by atoms with Crippen LogP contribution in [0.5, 0.6) is 0 Å². The molecule has 0 radical (unpaired) electrons. The first-order chi connectivity index (χ1) is 12.0. The molecule has 4 nitrogen and oxygen atoms in total. The molecule has 1 heterocycles. The number of carbonyl (C=O) groups excluding carboxylic acids is 1. The fraction of sp³-hybridized carbons (Fsp3) is 0.200. The molecule has 1 atom stereocenters. The molecule has 5 heteroatoms. The van der Waals surface area contributed by atoms with Crippen molar-refractivity contribution in [3.05, 3.63) is 77.4 Å². The summed E-state index contributed by atoms with van der Waals surface area (Å²) < 4.78 is 15.5. The molecule has 25 heavy (non-hydrogen) atoms. The largest absolute Gasteiger partial charge is 0.323 e. The van der Waals surface area contributed by atoms with Crippen LogP contribution in [0.2, 0.25) is 0 Å². The number of halogens is 1. The SMILES string of the molecule is Cc1cccc([C@@H](C)C(=O)Nc2cnn(-c3ccccc3F)c2C)c1. The quantitative estimate of drug-likeness (QED) is 0.768. The zero-order valence-electron chi connectivity index (χ0n) is 14.5. The van der Waals surface area contributed by atoms with E-state index in [4.69, 9.17) is 0 Å². The fourth-order valence-electron chi connectivity index (χ4n) is 2.73. The lowest BCUT2D eigenvalue weighted by Gasteiger charge is -2.13. The highest BCUT2D eigenvalue weighted by atomic mass is 19.1. The molecule has 1 aromatic heterocycles. The van der Waals surface area contributed by atoms with E-state index in [-0.39, 0.29) is 17.6 Å². The van der Waals surface area contributed by atoms with Gasteiger partial charge in [0, 0.05) is 0 Å². The van der Waals surface area contributed by atoms with Crippen molar-refractivity contribution in [3.63, 3.8) is 0 Å². The monoisotopic (exact) mass is 337 g/mol. The third-order valence-electron chi connectivity index (χ3n) is 4.28. The Morgan fingerprint density at radius 2 is 1.92 bits per heavy atom. The highest BCUT2D eigenvalue weighted by Crippen LogP contribution is 2.23. The van der Waals surface area contributed by atoms with Crippen LogP contribution in [0.15, 0.2) is 54.7 Å². The molecule has 0 spiro atoms. The molecule has 0 aliphatic carbocycles. The minimum atomic E-state index is -0.361. The smallest absolute Gasteiger partial charge is 0.231 e. The Morgan fingerprint density at radius 3 is 2.64 bits per heavy atom. The van der Waals surface area contributed by atoms with Crippen LogP contribution < -0.4 is 5.32 Å². The van der Waals surface area contributed by atoms with Crippen LogP contribution in [0, 0.1) is 19.7 Å². The zero-order valence-corrected chi connectivity index (χ0v) is 14.5. The summed E-state index contributed by atoms with van der Waals surface area (Å²) in [5, 5.41) is 7.10. The Hall–Kier alpha value is -2.95. The van der Waals surface area contributed by atoms with Crippen LogP contribution >= 0.6 is 0 Å². The molecule has 1 amide bonds. The Labute approximate surface area is 146 Å². The number of hydrogen-bond acceptors (Lipinski definition) is 2. The molecule has 0 saturated heterocycles. The second-order valence-corrected chi connectivity index (χ2v) is 6.13. The maximum atomic E-state index is 14.0. The summed E-state index contributed by atoms with van der Waals surface area (Å²) >= 11 is 0. The molecule has 0 aliphatic rings. The lowest BCUT2D eigenvalue weighted by atomic mass is 9.98. The molecular formula is C20H20FN3O. The van der Waals surface area contributed by atoms with Gasteiger partial charge in [-0.25, -0.2) is 9.07 Å². The standard InChI is InChI=1S/C20H20FN3O/c1-13-7-6-8-16(11-13)14(2)20(25)23-18-12-22-24(15(18)3)19-10-5-4-9-17(19)21/h4-12,14H,1-3H3,(H,23,25)/t14-/m1/s1. The number of aromatic nitrogens is 2. The van der Waals surface area contributed by atoms with Gasteiger partial charge in [-0.3, -0.25) is 4.79 Å². The molecule has 0 aliphatic heterocycles. The number of carbonyl (C=O) groups is 1. The molecule has 0 fully saturated rings. The number of aryl methyl sites for hydroxylation is 1. The number of nitrogens with one attached hydrogen (secondary N) is 1. The van der Waals surface area contributed by atoms with Crippen molar-refractivity contribution in [2.24, 2.45) is 0 Å². The van der Waals surface area contributed by atoms with E-state index in [0.29, 0.717) is 17.1 Å². The van der Waals surface area contributed by atoms with Gasteiger partial charge in [-0.05, 0) is 38.5 Å². The lowest BCUT2D eigenvalue weighted by Crippen LogP contribution is -2.19. The molecule has 2 aromatic carbocycles. The number of anilines is 1. The number of para-hydroxylation sites is 1. The highest BCUT2D eigenvalue weighted by molar-refractivity contribution is 5.96. The van der Waals surface area contributed by atoms with Crippen molar-refractivity contribution in [1.29, 1.82) is 0 Å². The molecule has 0 unspecified atom stereocenters. The highest BCUT2D eigenvalue weighted by Gasteiger charge is 2.18. The molecule has 3 aromatic rings. The lowest BCUT2D eigenvalue weighted by molar-refractivity contribution is -0.117. The van der Waals surface area contributed by atoms with Crippen LogP contribution in [-0.4, -0.2) is 15.7 Å². The second kappa shape index (κ2) is 6.89. The maximum Gasteiger partial charge on any atom is 0.231 e. The summed E-state index contributed by atoms with van der Waals surface area (Å²) in [6.45, 7) is 5.66. The molecule has 1 N–H and O–H groups in total. The van der Waals surface area contributed by atoms with Crippen molar-refractivity contribution >= 4 is 11.6 Å². The van der Waals surface area contributed by atoms with Crippen molar-refractivity contribution < 1.29 is 9.18 Å². The van der Waals surface area contributed by atoms with E-state index in [1.807, 2.05) is 38.1 Å². The Kier molecular flexibility index (Phi) is 4.65. The van der Waals surface area contributed by atoms with Crippen molar-refractivity contribution in [3.8, 4) is 5.69 Å². The van der Waals surface area contributed by atoms with Crippen LogP contribution in [0.25, 0.3) is 5.69 Å². The molecule has 0 bridgehead atoms. The fourth-order valence-corrected chi connectivity index (χ4v) is 2.73. The topological polar surface area (TPSA) is 46.9 Å². The van der Waals surface area contributed by atoms with Gasteiger partial charge in [-0.1, -0.05) is 42.0 Å². The van der Waals surface area contributed by atoms with Gasteiger partial charge in [0.15, 0.2) is 0 Å². The summed E-state index contributed by atoms with van der Waals surface area (Å²) in [5.74, 6) is -0.780. The number of rotatable bonds is 4. The predicted octanol–water partition coefficient (Wildman–Crippen LogP) is 4.37. The molecule has 128 valence electrons. The van der Waals surface area contributed by atoms with E-state index >= 15 is 0 Å². The third-order valence-corrected chi connectivity index (χ3v) is 4.28. The predicted molar refractivity (Wildman–Crippen MR) is 96.5 cm³/mol. The molecule has 0 saturated carbocycles. The average molecular weight is 337 g/mol. The summed E-state index contributed by atoms with van der Waals surface area (Å²) in [6.07, 6.45) is 1.54. The first-order valence-electron chi connectivity index (χ1n) is 8.14. The normalized spacial score (nSPS) is 12.0. The number of hydrogen-bond donors (Lipinski definition) is 1. The first-order valence-corrected chi connectivity index (χ1v) is 8.14. The van der Waals surface area contributed by atoms with Crippen LogP contribution in [0.1, 0.15) is 29.7 Å². The van der Waals surface area contributed by atoms with Crippen LogP contribution in [0.4, 0.5) is 10.1 Å². The van der Waals surface area contributed by atoms with Crippen molar-refractivity contribution in [2.75, 3.05) is 5.32 Å². The van der Waals surface area contributed by atoms with E-state index in [2.05, 4.69) is 10.4 Å². The van der Waals surface area contributed by atoms with Gasteiger partial charge in [-0.15, -0.1) is 0 Å². The maximum absolute atomic E-state index is 14.0. The van der Waals surface area contributed by atoms with E-state index < -0.39 is 0 Å². The molecular weight excluding hydrogens is 317 g/mol. The van der Waals surface area contributed by atoms with Gasteiger partial charge in [0.25, 0.3) is 0 Å². The van der Waals surface area contributed by atoms with Gasteiger partial charge < -0.3 is 5.32 Å². The van der Waals surface area contributed by atoms with Crippen molar-refractivity contribution in [2.45, 2.75) is 26.7 Å². The van der Waals surface area contributed by atoms with Crippen molar-refractivity contribution in [1.82, 2.24) is 9.78 Å². The Morgan fingerprint density at radius 1 is 1.16 bits per heavy atom. The Bertz CT molecular complexity index is 917. The van der Waals surface area contributed by atoms with Gasteiger partial charge in [0.2, 0.25) is 5.91 Å². The van der Waals surface area contributed by atoms with Crippen LogP contribution in [-0.2, 0) is 4.79 Å².